The summed E-state index contributed by atoms with van der Waals surface area (Å²) >= 11 is 11.9. The maximum atomic E-state index is 6.04. The fourth-order valence-corrected chi connectivity index (χ4v) is 1.73. The Morgan fingerprint density at radius 3 is 2.80 bits per heavy atom. The smallest absolute Gasteiger partial charge is 0.110 e. The number of nitrogens with zero attached hydrogens (tertiary/aromatic N) is 1. The third-order valence-electron chi connectivity index (χ3n) is 2.05. The van der Waals surface area contributed by atoms with Gasteiger partial charge in [0.15, 0.2) is 0 Å². The first-order valence-electron chi connectivity index (χ1n) is 4.45. The summed E-state index contributed by atoms with van der Waals surface area (Å²) in [6.45, 7) is 3.75. The van der Waals surface area contributed by atoms with Crippen molar-refractivity contribution in [2.75, 3.05) is 0 Å². The number of aromatic amines is 1. The number of H-pyrrole nitrogens is 1. The summed E-state index contributed by atoms with van der Waals surface area (Å²) in [6.07, 6.45) is 2.32. The van der Waals surface area contributed by atoms with Gasteiger partial charge in [-0.25, -0.2) is 4.98 Å². The molecule has 0 spiro atoms. The van der Waals surface area contributed by atoms with Crippen LogP contribution in [0.3, 0.4) is 0 Å². The van der Waals surface area contributed by atoms with Crippen molar-refractivity contribution in [2.24, 2.45) is 0 Å². The molecule has 0 bridgehead atoms. The van der Waals surface area contributed by atoms with E-state index in [1.54, 1.807) is 18.3 Å². The quantitative estimate of drug-likeness (QED) is 0.855. The minimum absolute atomic E-state index is 0.634. The van der Waals surface area contributed by atoms with E-state index < -0.39 is 0 Å². The molecule has 0 atom stereocenters. The van der Waals surface area contributed by atoms with E-state index in [4.69, 9.17) is 23.2 Å². The van der Waals surface area contributed by atoms with Gasteiger partial charge in [-0.3, -0.25) is 0 Å². The number of hydrogen-bond donors (Lipinski definition) is 1. The number of hydrogen-bond acceptors (Lipinski definition) is 1. The predicted molar refractivity (Wildman–Crippen MR) is 62.3 cm³/mol. The Morgan fingerprint density at radius 1 is 1.33 bits per heavy atom. The summed E-state index contributed by atoms with van der Waals surface area (Å²) in [5.74, 6) is 0.837. The number of benzene rings is 1. The van der Waals surface area contributed by atoms with Crippen LogP contribution in [0.5, 0.6) is 0 Å². The molecule has 0 aliphatic heterocycles. The highest BCUT2D eigenvalue weighted by molar-refractivity contribution is 6.33. The molecule has 1 N–H and O–H groups in total. The van der Waals surface area contributed by atoms with Gasteiger partial charge in [0.1, 0.15) is 5.82 Å². The van der Waals surface area contributed by atoms with Crippen molar-refractivity contribution in [1.29, 1.82) is 0 Å². The molecule has 2 nitrogen and oxygen atoms in total. The van der Waals surface area contributed by atoms with Crippen molar-refractivity contribution in [3.63, 3.8) is 0 Å². The highest BCUT2D eigenvalue weighted by Crippen LogP contribution is 2.22. The summed E-state index contributed by atoms with van der Waals surface area (Å²) in [4.78, 5) is 7.21. The van der Waals surface area contributed by atoms with Gasteiger partial charge in [0.25, 0.3) is 0 Å². The molecule has 1 aromatic heterocycles. The summed E-state index contributed by atoms with van der Waals surface area (Å²) in [5, 5.41) is 1.37. The Hall–Kier alpha value is -0.990. The molecule has 0 amide bonds. The van der Waals surface area contributed by atoms with E-state index in [2.05, 4.69) is 16.9 Å². The largest absolute Gasteiger partial charge is 0.346 e. The number of aromatic nitrogens is 2. The van der Waals surface area contributed by atoms with Crippen LogP contribution in [0.2, 0.25) is 10.0 Å². The van der Waals surface area contributed by atoms with Gasteiger partial charge in [0, 0.05) is 28.4 Å². The van der Waals surface area contributed by atoms with Crippen LogP contribution in [0.1, 0.15) is 17.1 Å². The van der Waals surface area contributed by atoms with E-state index in [1.807, 2.05) is 6.07 Å². The summed E-state index contributed by atoms with van der Waals surface area (Å²) in [5.41, 5.74) is 1.75. The first-order chi connectivity index (χ1) is 7.15. The van der Waals surface area contributed by atoms with Gasteiger partial charge in [-0.05, 0) is 30.7 Å². The first-order valence-corrected chi connectivity index (χ1v) is 5.20. The molecule has 15 heavy (non-hydrogen) atoms. The maximum absolute atomic E-state index is 6.04. The zero-order chi connectivity index (χ0) is 10.8. The second-order valence-electron chi connectivity index (χ2n) is 3.27. The Balaban J connectivity index is 2.27. The lowest BCUT2D eigenvalue weighted by molar-refractivity contribution is 1.02. The van der Waals surface area contributed by atoms with Gasteiger partial charge in [0.05, 0.1) is 0 Å². The predicted octanol–water partition coefficient (Wildman–Crippen LogP) is 3.49. The Labute approximate surface area is 98.3 Å². The molecule has 4 heteroatoms. The van der Waals surface area contributed by atoms with E-state index in [-0.39, 0.29) is 0 Å². The van der Waals surface area contributed by atoms with Gasteiger partial charge >= 0.3 is 0 Å². The van der Waals surface area contributed by atoms with E-state index in [0.29, 0.717) is 16.5 Å². The number of imidazole rings is 1. The fraction of sp³-hybridized carbons (Fsp3) is 0.0909. The lowest BCUT2D eigenvalue weighted by atomic mass is 10.1. The number of nitrogens with one attached hydrogen (secondary N) is 1. The van der Waals surface area contributed by atoms with E-state index in [9.17, 15) is 0 Å². The lowest BCUT2D eigenvalue weighted by Gasteiger charge is -2.02. The molecule has 0 saturated heterocycles. The lowest BCUT2D eigenvalue weighted by Crippen LogP contribution is -1.92. The van der Waals surface area contributed by atoms with Crippen LogP contribution in [-0.4, -0.2) is 9.97 Å². The van der Waals surface area contributed by atoms with Crippen LogP contribution in [0.15, 0.2) is 24.4 Å². The molecule has 0 aliphatic carbocycles. The monoisotopic (exact) mass is 239 g/mol. The van der Waals surface area contributed by atoms with Crippen LogP contribution >= 0.6 is 23.2 Å². The average Bonchev–Trinajstić information content (AvgIpc) is 2.58. The third kappa shape index (κ3) is 2.52. The zero-order valence-electron chi connectivity index (χ0n) is 7.93. The molecule has 0 unspecified atom stereocenters. The van der Waals surface area contributed by atoms with Gasteiger partial charge in [-0.15, -0.1) is 0 Å². The second-order valence-corrected chi connectivity index (χ2v) is 4.11. The zero-order valence-corrected chi connectivity index (χ0v) is 9.44. The van der Waals surface area contributed by atoms with Gasteiger partial charge in [-0.1, -0.05) is 23.2 Å². The third-order valence-corrected chi connectivity index (χ3v) is 2.65. The highest BCUT2D eigenvalue weighted by Gasteiger charge is 2.04. The minimum Gasteiger partial charge on any atom is -0.346 e. The standard InChI is InChI=1S/C11H9Cl2N2/c1-7-6-14-11(15-7)5-8-4-9(12)2-3-10(8)13/h2-4,6H,1,5H2,(H,14,15). The van der Waals surface area contributed by atoms with Crippen LogP contribution in [-0.2, 0) is 6.42 Å². The Morgan fingerprint density at radius 2 is 2.13 bits per heavy atom. The van der Waals surface area contributed by atoms with Gasteiger partial charge < -0.3 is 4.98 Å². The average molecular weight is 240 g/mol. The SMILES string of the molecule is [CH2]c1cnc(Cc2cc(Cl)ccc2Cl)[nH]1. The molecule has 2 rings (SSSR count). The van der Waals surface area contributed by atoms with E-state index in [0.717, 1.165) is 17.1 Å². The van der Waals surface area contributed by atoms with Crippen LogP contribution < -0.4 is 0 Å². The van der Waals surface area contributed by atoms with E-state index in [1.165, 1.54) is 0 Å². The molecule has 1 radical (unpaired) electrons. The molecule has 0 saturated carbocycles. The normalized spacial score (nSPS) is 10.6. The van der Waals surface area contributed by atoms with Crippen molar-refractivity contribution in [1.82, 2.24) is 9.97 Å². The van der Waals surface area contributed by atoms with E-state index >= 15 is 0 Å². The highest BCUT2D eigenvalue weighted by atomic mass is 35.5. The molecular weight excluding hydrogens is 231 g/mol. The topological polar surface area (TPSA) is 28.7 Å². The molecular formula is C11H9Cl2N2. The van der Waals surface area contributed by atoms with Crippen molar-refractivity contribution in [3.8, 4) is 0 Å². The Kier molecular flexibility index (Phi) is 2.98. The van der Waals surface area contributed by atoms with Crippen molar-refractivity contribution >= 4 is 23.2 Å². The number of rotatable bonds is 2. The van der Waals surface area contributed by atoms with Gasteiger partial charge in [-0.2, -0.15) is 0 Å². The van der Waals surface area contributed by atoms with Crippen LogP contribution in [0.4, 0.5) is 0 Å². The van der Waals surface area contributed by atoms with Crippen molar-refractivity contribution in [2.45, 2.75) is 6.42 Å². The number of halogens is 2. The molecule has 77 valence electrons. The molecule has 2 aromatic rings. The molecule has 0 fully saturated rings. The molecule has 1 aromatic carbocycles. The summed E-state index contributed by atoms with van der Waals surface area (Å²) in [7, 11) is 0. The van der Waals surface area contributed by atoms with Crippen LogP contribution in [0, 0.1) is 6.92 Å². The fourth-order valence-electron chi connectivity index (χ4n) is 1.35. The second kappa shape index (κ2) is 4.25. The first kappa shape index (κ1) is 10.5. The summed E-state index contributed by atoms with van der Waals surface area (Å²) < 4.78 is 0. The van der Waals surface area contributed by atoms with Crippen molar-refractivity contribution < 1.29 is 0 Å². The summed E-state index contributed by atoms with van der Waals surface area (Å²) in [6, 6.07) is 5.39. The molecule has 0 aliphatic rings. The van der Waals surface area contributed by atoms with Gasteiger partial charge in [0.2, 0.25) is 0 Å². The minimum atomic E-state index is 0.634. The Bertz CT molecular complexity index is 477. The molecule has 1 heterocycles. The van der Waals surface area contributed by atoms with Crippen molar-refractivity contribution in [3.05, 3.63) is 58.4 Å². The maximum Gasteiger partial charge on any atom is 0.110 e. The van der Waals surface area contributed by atoms with Crippen LogP contribution in [0.25, 0.3) is 0 Å².